The molecule has 0 aliphatic rings. The predicted molar refractivity (Wildman–Crippen MR) is 179 cm³/mol. The number of carbonyl (C=O) groups is 6. The summed E-state index contributed by atoms with van der Waals surface area (Å²) in [5.41, 5.74) is 5.24. The van der Waals surface area contributed by atoms with Gasteiger partial charge >= 0.3 is 17.4 Å². The van der Waals surface area contributed by atoms with Gasteiger partial charge in [-0.25, -0.2) is 0 Å². The summed E-state index contributed by atoms with van der Waals surface area (Å²) in [4.78, 5) is 69.5. The first-order chi connectivity index (χ1) is 23.2. The Morgan fingerprint density at radius 2 is 0.686 bits per heavy atom. The van der Waals surface area contributed by atoms with Gasteiger partial charge in [0.2, 0.25) is 11.8 Å². The molecule has 278 valence electrons. The second-order valence-corrected chi connectivity index (χ2v) is 13.1. The number of rotatable bonds is 18. The van der Waals surface area contributed by atoms with Gasteiger partial charge in [0, 0.05) is 37.6 Å². The minimum Gasteiger partial charge on any atom is -0.549 e. The molecule has 2 N–H and O–H groups in total. The van der Waals surface area contributed by atoms with E-state index >= 15 is 0 Å². The van der Waals surface area contributed by atoms with E-state index in [0.29, 0.717) is 11.4 Å². The fourth-order valence-electron chi connectivity index (χ4n) is 5.22. The normalized spacial score (nSPS) is 10.9. The van der Waals surface area contributed by atoms with Crippen molar-refractivity contribution in [1.29, 1.82) is 0 Å². The minimum absolute atomic E-state index is 0. The standard InChI is InChI=1S/2C18H26N2O5.Cr/c2*1-11(2)13-6-5-7-14(12(3)4)18(13)19-15(21)8-20(9-16(22)23)10-17(24)25;/h2*5-7,11-12H,8-10H2,1-4H3,(H,19,21)(H,22,23)(H,24,25);/q;;+4/p-4. The van der Waals surface area contributed by atoms with Crippen molar-refractivity contribution in [3.63, 3.8) is 0 Å². The first-order valence-corrected chi connectivity index (χ1v) is 16.3. The molecule has 0 fully saturated rings. The van der Waals surface area contributed by atoms with Crippen LogP contribution in [-0.4, -0.2) is 84.8 Å². The van der Waals surface area contributed by atoms with Gasteiger partial charge in [-0.05, 0) is 45.9 Å². The van der Waals surface area contributed by atoms with Gasteiger partial charge in [-0.3, -0.25) is 19.4 Å². The number of nitrogens with one attached hydrogen (secondary N) is 2. The number of nitrogens with zero attached hydrogens (tertiary/aromatic N) is 2. The second-order valence-electron chi connectivity index (χ2n) is 13.1. The Bertz CT molecular complexity index is 1310. The molecular formula is C36H48CrN4O10. The third-order valence-electron chi connectivity index (χ3n) is 7.42. The van der Waals surface area contributed by atoms with Crippen LogP contribution in [0.5, 0.6) is 0 Å². The number of carbonyl (C=O) groups excluding carboxylic acids is 6. The topological polar surface area (TPSA) is 225 Å². The average Bonchev–Trinajstić information content (AvgIpc) is 2.95. The van der Waals surface area contributed by atoms with Gasteiger partial charge in [0.05, 0.1) is 37.0 Å². The van der Waals surface area contributed by atoms with Crippen molar-refractivity contribution in [2.24, 2.45) is 0 Å². The number of benzene rings is 2. The van der Waals surface area contributed by atoms with Crippen molar-refractivity contribution in [2.45, 2.75) is 79.1 Å². The van der Waals surface area contributed by atoms with E-state index in [2.05, 4.69) is 10.6 Å². The number of carboxylic acids is 4. The van der Waals surface area contributed by atoms with E-state index in [4.69, 9.17) is 0 Å². The van der Waals surface area contributed by atoms with E-state index in [1.807, 2.05) is 91.8 Å². The van der Waals surface area contributed by atoms with Crippen LogP contribution in [0, 0.1) is 0 Å². The summed E-state index contributed by atoms with van der Waals surface area (Å²) in [6, 6.07) is 11.6. The number of anilines is 2. The summed E-state index contributed by atoms with van der Waals surface area (Å²) in [5.74, 6) is -6.10. The summed E-state index contributed by atoms with van der Waals surface area (Å²) < 4.78 is 0. The molecule has 15 heteroatoms. The molecule has 0 unspecified atom stereocenters. The van der Waals surface area contributed by atoms with Crippen LogP contribution in [0.25, 0.3) is 0 Å². The molecular weight excluding hydrogens is 700 g/mol. The van der Waals surface area contributed by atoms with Crippen molar-refractivity contribution in [3.8, 4) is 0 Å². The van der Waals surface area contributed by atoms with Crippen LogP contribution in [0.3, 0.4) is 0 Å². The van der Waals surface area contributed by atoms with Gasteiger partial charge < -0.3 is 50.2 Å². The summed E-state index contributed by atoms with van der Waals surface area (Å²) in [6.07, 6.45) is 0. The molecule has 0 bridgehead atoms. The van der Waals surface area contributed by atoms with Gasteiger partial charge in [-0.1, -0.05) is 91.8 Å². The number of para-hydroxylation sites is 2. The molecule has 0 radical (unpaired) electrons. The average molecular weight is 749 g/mol. The molecule has 0 saturated heterocycles. The molecule has 2 aromatic rings. The molecule has 2 aromatic carbocycles. The Hall–Kier alpha value is -4.29. The fourth-order valence-corrected chi connectivity index (χ4v) is 5.22. The third kappa shape index (κ3) is 17.0. The SMILES string of the molecule is CC(C)c1cccc(C(C)C)c1NC(=O)CN(CC(=O)[O-])CC(=O)[O-].CC(C)c1cccc(C(C)C)c1NC(=O)CN(CC(=O)[O-])CC(=O)[O-].[Cr+4]. The molecule has 51 heavy (non-hydrogen) atoms. The fraction of sp³-hybridized carbons (Fsp3) is 0.500. The molecule has 0 aliphatic heterocycles. The molecule has 0 aromatic heterocycles. The van der Waals surface area contributed by atoms with Crippen molar-refractivity contribution in [1.82, 2.24) is 9.80 Å². The Morgan fingerprint density at radius 1 is 0.471 bits per heavy atom. The summed E-state index contributed by atoms with van der Waals surface area (Å²) >= 11 is 0. The maximum absolute atomic E-state index is 12.4. The molecule has 0 heterocycles. The summed E-state index contributed by atoms with van der Waals surface area (Å²) in [6.45, 7) is 12.6. The number of aliphatic carboxylic acids is 4. The maximum Gasteiger partial charge on any atom is 4.00 e. The molecule has 2 amide bonds. The van der Waals surface area contributed by atoms with Crippen LogP contribution in [0.1, 0.15) is 101 Å². The smallest absolute Gasteiger partial charge is 0.549 e. The van der Waals surface area contributed by atoms with Crippen molar-refractivity contribution in [3.05, 3.63) is 58.7 Å². The maximum atomic E-state index is 12.4. The van der Waals surface area contributed by atoms with Crippen LogP contribution in [-0.2, 0) is 46.1 Å². The second kappa shape index (κ2) is 22.5. The van der Waals surface area contributed by atoms with Gasteiger partial charge in [-0.15, -0.1) is 0 Å². The molecule has 2 rings (SSSR count). The number of carboxylic acid groups (broad SMARTS) is 4. The quantitative estimate of drug-likeness (QED) is 0.194. The van der Waals surface area contributed by atoms with Crippen LogP contribution in [0.15, 0.2) is 36.4 Å². The van der Waals surface area contributed by atoms with E-state index in [1.165, 1.54) is 0 Å². The van der Waals surface area contributed by atoms with Gasteiger partial charge in [-0.2, -0.15) is 0 Å². The Kier molecular flexibility index (Phi) is 20.6. The van der Waals surface area contributed by atoms with Crippen LogP contribution < -0.4 is 31.1 Å². The largest absolute Gasteiger partial charge is 4.00 e. The van der Waals surface area contributed by atoms with Crippen molar-refractivity contribution in [2.75, 3.05) is 49.9 Å². The van der Waals surface area contributed by atoms with Crippen molar-refractivity contribution >= 4 is 47.1 Å². The van der Waals surface area contributed by atoms with Gasteiger partial charge in [0.1, 0.15) is 0 Å². The van der Waals surface area contributed by atoms with Crippen LogP contribution >= 0.6 is 0 Å². The van der Waals surface area contributed by atoms with Gasteiger partial charge in [0.15, 0.2) is 0 Å². The zero-order valence-electron chi connectivity index (χ0n) is 30.4. The third-order valence-corrected chi connectivity index (χ3v) is 7.42. The predicted octanol–water partition coefficient (Wildman–Crippen LogP) is -0.655. The van der Waals surface area contributed by atoms with Crippen molar-refractivity contribution < 1.29 is 66.6 Å². The van der Waals surface area contributed by atoms with E-state index in [0.717, 1.165) is 32.1 Å². The Morgan fingerprint density at radius 3 is 0.863 bits per heavy atom. The zero-order chi connectivity index (χ0) is 38.3. The molecule has 0 atom stereocenters. The molecule has 0 spiro atoms. The Balaban J connectivity index is 0.000000962. The summed E-state index contributed by atoms with van der Waals surface area (Å²) in [7, 11) is 0. The van der Waals surface area contributed by atoms with Crippen LogP contribution in [0.4, 0.5) is 11.4 Å². The molecule has 14 nitrogen and oxygen atoms in total. The first-order valence-electron chi connectivity index (χ1n) is 16.3. The van der Waals surface area contributed by atoms with E-state index < -0.39 is 61.9 Å². The zero-order valence-corrected chi connectivity index (χ0v) is 31.7. The molecule has 0 aliphatic carbocycles. The number of hydrogen-bond acceptors (Lipinski definition) is 12. The summed E-state index contributed by atoms with van der Waals surface area (Å²) in [5, 5.41) is 48.5. The molecule has 0 saturated carbocycles. The first kappa shape index (κ1) is 46.7. The van der Waals surface area contributed by atoms with E-state index in [-0.39, 0.29) is 54.1 Å². The van der Waals surface area contributed by atoms with Crippen LogP contribution in [0.2, 0.25) is 0 Å². The number of hydrogen-bond donors (Lipinski definition) is 2. The monoisotopic (exact) mass is 748 g/mol. The van der Waals surface area contributed by atoms with E-state index in [1.54, 1.807) is 0 Å². The minimum atomic E-state index is -1.46. The van der Waals surface area contributed by atoms with Gasteiger partial charge in [0.25, 0.3) is 0 Å². The van der Waals surface area contributed by atoms with E-state index in [9.17, 15) is 49.2 Å². The number of amides is 2. The Labute approximate surface area is 310 Å².